The molecule has 3 aromatic rings. The summed E-state index contributed by atoms with van der Waals surface area (Å²) >= 11 is 5.97. The summed E-state index contributed by atoms with van der Waals surface area (Å²) in [6.45, 7) is 5.66. The van der Waals surface area contributed by atoms with Crippen molar-refractivity contribution in [1.82, 2.24) is 14.9 Å². The summed E-state index contributed by atoms with van der Waals surface area (Å²) in [5.74, 6) is 0.469. The third-order valence-corrected chi connectivity index (χ3v) is 6.58. The van der Waals surface area contributed by atoms with Crippen LogP contribution in [0.25, 0.3) is 16.5 Å². The maximum atomic E-state index is 13.7. The second-order valence-electron chi connectivity index (χ2n) is 8.84. The van der Waals surface area contributed by atoms with Crippen LogP contribution in [0.4, 0.5) is 15.9 Å². The Hall–Kier alpha value is -4.02. The first kappa shape index (κ1) is 28.0. The van der Waals surface area contributed by atoms with E-state index in [2.05, 4.69) is 26.9 Å². The number of nitrogens with one attached hydrogen (secondary N) is 1. The summed E-state index contributed by atoms with van der Waals surface area (Å²) < 4.78 is 25.3. The summed E-state index contributed by atoms with van der Waals surface area (Å²) in [7, 11) is 1.61. The smallest absolute Gasteiger partial charge is 0.245 e. The summed E-state index contributed by atoms with van der Waals surface area (Å²) in [6, 6.07) is 8.07. The van der Waals surface area contributed by atoms with Crippen LogP contribution in [0.15, 0.2) is 60.5 Å². The Bertz CT molecular complexity index is 1410. The van der Waals surface area contributed by atoms with Gasteiger partial charge in [0, 0.05) is 67.7 Å². The highest BCUT2D eigenvalue weighted by atomic mass is 35.5. The number of benzene rings is 2. The van der Waals surface area contributed by atoms with Crippen molar-refractivity contribution in [3.8, 4) is 5.75 Å². The van der Waals surface area contributed by atoms with Crippen LogP contribution >= 0.6 is 11.6 Å². The van der Waals surface area contributed by atoms with Crippen LogP contribution in [0.3, 0.4) is 0 Å². The fourth-order valence-corrected chi connectivity index (χ4v) is 4.41. The summed E-state index contributed by atoms with van der Waals surface area (Å²) in [5.41, 5.74) is 8.58. The van der Waals surface area contributed by atoms with Gasteiger partial charge in [0.2, 0.25) is 5.91 Å². The number of halogens is 2. The Morgan fingerprint density at radius 1 is 1.31 bits per heavy atom. The fraction of sp³-hybridized carbons (Fsp3) is 0.286. The van der Waals surface area contributed by atoms with Gasteiger partial charge in [-0.2, -0.15) is 0 Å². The minimum absolute atomic E-state index is 0.00330. The molecule has 1 saturated heterocycles. The lowest BCUT2D eigenvalue weighted by atomic mass is 10.0. The molecule has 2 aromatic carbocycles. The quantitative estimate of drug-likeness (QED) is 0.212. The molecule has 204 valence electrons. The molecule has 0 unspecified atom stereocenters. The number of anilines is 2. The number of nitrogens with zero attached hydrogens (tertiary/aromatic N) is 4. The van der Waals surface area contributed by atoms with Crippen molar-refractivity contribution in [3.63, 3.8) is 0 Å². The van der Waals surface area contributed by atoms with E-state index in [4.69, 9.17) is 26.8 Å². The number of carbonyl (C=O) groups is 1. The molecule has 0 atom stereocenters. The van der Waals surface area contributed by atoms with Gasteiger partial charge < -0.3 is 25.4 Å². The van der Waals surface area contributed by atoms with E-state index in [0.29, 0.717) is 78.4 Å². The number of hydrogen-bond donors (Lipinski definition) is 2. The molecule has 1 aliphatic heterocycles. The average Bonchev–Trinajstić information content (AvgIpc) is 2.95. The molecule has 39 heavy (non-hydrogen) atoms. The van der Waals surface area contributed by atoms with Crippen LogP contribution in [0.2, 0.25) is 5.02 Å². The number of aromatic nitrogens is 2. The van der Waals surface area contributed by atoms with E-state index in [1.165, 1.54) is 30.7 Å². The molecule has 1 fully saturated rings. The SMILES string of the molecule is C=CC(=O)N1CCC(Oc2cc3c(Nc4ccc(F)c(Cl)c4)ncnc3cc2C(C=NCCOC)=CN)CC1. The minimum Gasteiger partial charge on any atom is -0.490 e. The molecule has 1 aromatic heterocycles. The molecule has 0 saturated carbocycles. The van der Waals surface area contributed by atoms with Gasteiger partial charge in [-0.15, -0.1) is 0 Å². The third kappa shape index (κ3) is 6.90. The van der Waals surface area contributed by atoms with Gasteiger partial charge in [-0.25, -0.2) is 14.4 Å². The number of fused-ring (bicyclic) bond motifs is 1. The van der Waals surface area contributed by atoms with Crippen LogP contribution in [0, 0.1) is 5.82 Å². The van der Waals surface area contributed by atoms with Gasteiger partial charge in [0.1, 0.15) is 29.8 Å². The van der Waals surface area contributed by atoms with Crippen LogP contribution in [0.5, 0.6) is 5.75 Å². The number of aliphatic imine (C=N–C) groups is 1. The van der Waals surface area contributed by atoms with Gasteiger partial charge >= 0.3 is 0 Å². The number of ether oxygens (including phenoxy) is 2. The lowest BCUT2D eigenvalue weighted by Crippen LogP contribution is -2.41. The number of nitrogens with two attached hydrogens (primary N) is 1. The fourth-order valence-electron chi connectivity index (χ4n) is 4.23. The highest BCUT2D eigenvalue weighted by Crippen LogP contribution is 2.35. The van der Waals surface area contributed by atoms with Crippen molar-refractivity contribution in [1.29, 1.82) is 0 Å². The molecule has 4 rings (SSSR count). The highest BCUT2D eigenvalue weighted by Gasteiger charge is 2.24. The Balaban J connectivity index is 1.71. The predicted octanol–water partition coefficient (Wildman–Crippen LogP) is 4.74. The molecule has 1 amide bonds. The van der Waals surface area contributed by atoms with E-state index in [1.807, 2.05) is 12.1 Å². The number of amides is 1. The van der Waals surface area contributed by atoms with E-state index in [1.54, 1.807) is 24.3 Å². The Labute approximate surface area is 231 Å². The summed E-state index contributed by atoms with van der Waals surface area (Å²) in [6.07, 6.45) is 7.10. The number of piperidine rings is 1. The second-order valence-corrected chi connectivity index (χ2v) is 9.25. The van der Waals surface area contributed by atoms with E-state index in [-0.39, 0.29) is 17.0 Å². The molecular weight excluding hydrogens is 523 g/mol. The zero-order valence-corrected chi connectivity index (χ0v) is 22.3. The monoisotopic (exact) mass is 552 g/mol. The van der Waals surface area contributed by atoms with E-state index in [9.17, 15) is 9.18 Å². The first-order valence-corrected chi connectivity index (χ1v) is 12.8. The standard InChI is InChI=1S/C28H30ClFN6O3/c1-3-27(37)36-9-6-20(7-10-36)39-26-14-22-25(13-21(26)18(15-31)16-32-8-11-38-2)33-17-34-28(22)35-19-4-5-24(30)23(29)12-19/h3-5,12-17,20H,1,6-11,31H2,2H3,(H,33,34,35). The van der Waals surface area contributed by atoms with Gasteiger partial charge in [0.05, 0.1) is 23.7 Å². The van der Waals surface area contributed by atoms with Crippen LogP contribution in [-0.2, 0) is 9.53 Å². The maximum Gasteiger partial charge on any atom is 0.245 e. The zero-order chi connectivity index (χ0) is 27.8. The molecule has 3 N–H and O–H groups in total. The third-order valence-electron chi connectivity index (χ3n) is 6.29. The van der Waals surface area contributed by atoms with Crippen LogP contribution < -0.4 is 15.8 Å². The van der Waals surface area contributed by atoms with E-state index in [0.717, 1.165) is 0 Å². The van der Waals surface area contributed by atoms with Gasteiger partial charge in [-0.05, 0) is 36.4 Å². The molecule has 0 bridgehead atoms. The molecule has 1 aliphatic rings. The largest absolute Gasteiger partial charge is 0.490 e. The zero-order valence-electron chi connectivity index (χ0n) is 21.6. The summed E-state index contributed by atoms with van der Waals surface area (Å²) in [4.78, 5) is 27.0. The number of allylic oxidation sites excluding steroid dienone is 1. The van der Waals surface area contributed by atoms with Crippen molar-refractivity contribution in [2.24, 2.45) is 10.7 Å². The highest BCUT2D eigenvalue weighted by molar-refractivity contribution is 6.31. The lowest BCUT2D eigenvalue weighted by Gasteiger charge is -2.32. The lowest BCUT2D eigenvalue weighted by molar-refractivity contribution is -0.127. The van der Waals surface area contributed by atoms with Crippen LogP contribution in [-0.4, -0.2) is 66.4 Å². The van der Waals surface area contributed by atoms with Crippen molar-refractivity contribution in [2.75, 3.05) is 38.7 Å². The molecule has 9 nitrogen and oxygen atoms in total. The number of rotatable bonds is 10. The summed E-state index contributed by atoms with van der Waals surface area (Å²) in [5, 5.41) is 3.87. The normalized spacial score (nSPS) is 14.6. The van der Waals surface area contributed by atoms with Crippen molar-refractivity contribution < 1.29 is 18.7 Å². The number of likely N-dealkylation sites (tertiary alicyclic amines) is 1. The Morgan fingerprint density at radius 3 is 2.79 bits per heavy atom. The number of carbonyl (C=O) groups excluding carboxylic acids is 1. The molecule has 11 heteroatoms. The first-order chi connectivity index (χ1) is 18.9. The van der Waals surface area contributed by atoms with Gasteiger partial charge in [-0.1, -0.05) is 18.2 Å². The number of methoxy groups -OCH3 is 1. The molecule has 2 heterocycles. The topological polar surface area (TPSA) is 115 Å². The maximum absolute atomic E-state index is 13.7. The van der Waals surface area contributed by atoms with Gasteiger partial charge in [0.15, 0.2) is 0 Å². The second kappa shape index (κ2) is 13.2. The molecule has 0 aliphatic carbocycles. The Kier molecular flexibility index (Phi) is 9.45. The average molecular weight is 553 g/mol. The van der Waals surface area contributed by atoms with E-state index < -0.39 is 5.82 Å². The predicted molar refractivity (Wildman–Crippen MR) is 152 cm³/mol. The molecule has 0 spiro atoms. The minimum atomic E-state index is -0.510. The van der Waals surface area contributed by atoms with E-state index >= 15 is 0 Å². The number of hydrogen-bond acceptors (Lipinski definition) is 8. The van der Waals surface area contributed by atoms with Crippen molar-refractivity contribution in [3.05, 3.63) is 71.9 Å². The van der Waals surface area contributed by atoms with Crippen molar-refractivity contribution >= 4 is 51.7 Å². The van der Waals surface area contributed by atoms with Crippen LogP contribution in [0.1, 0.15) is 18.4 Å². The Morgan fingerprint density at radius 2 is 2.10 bits per heavy atom. The van der Waals surface area contributed by atoms with Gasteiger partial charge in [0.25, 0.3) is 0 Å². The van der Waals surface area contributed by atoms with Crippen molar-refractivity contribution in [2.45, 2.75) is 18.9 Å². The first-order valence-electron chi connectivity index (χ1n) is 12.4. The van der Waals surface area contributed by atoms with Gasteiger partial charge in [-0.3, -0.25) is 9.79 Å². The molecular formula is C28H30ClFN6O3. The molecule has 0 radical (unpaired) electrons.